The van der Waals surface area contributed by atoms with Crippen molar-refractivity contribution in [2.75, 3.05) is 17.2 Å². The number of nitrogens with zero attached hydrogens (tertiary/aromatic N) is 2. The molecule has 8 nitrogen and oxygen atoms in total. The van der Waals surface area contributed by atoms with Crippen molar-refractivity contribution in [2.24, 2.45) is 0 Å². The Labute approximate surface area is 203 Å². The van der Waals surface area contributed by atoms with Gasteiger partial charge in [0.1, 0.15) is 17.4 Å². The number of amides is 1. The SMILES string of the molecule is CCOC(=O)Oc1ccc(C(=O)Nc2cccc(Nc3cc(-c4ccccc4)nc(C)n3)c2)cc1. The molecule has 4 rings (SSSR count). The van der Waals surface area contributed by atoms with Crippen LogP contribution in [-0.4, -0.2) is 28.6 Å². The summed E-state index contributed by atoms with van der Waals surface area (Å²) in [7, 11) is 0. The fourth-order valence-electron chi connectivity index (χ4n) is 3.33. The molecule has 8 heteroatoms. The zero-order valence-electron chi connectivity index (χ0n) is 19.3. The fourth-order valence-corrected chi connectivity index (χ4v) is 3.33. The second kappa shape index (κ2) is 10.9. The van der Waals surface area contributed by atoms with Crippen molar-refractivity contribution in [3.05, 3.63) is 96.3 Å². The third-order valence-corrected chi connectivity index (χ3v) is 4.88. The van der Waals surface area contributed by atoms with E-state index < -0.39 is 6.16 Å². The normalized spacial score (nSPS) is 10.3. The molecule has 0 saturated carbocycles. The molecule has 3 aromatic carbocycles. The molecule has 0 fully saturated rings. The summed E-state index contributed by atoms with van der Waals surface area (Å²) in [6.07, 6.45) is -0.788. The standard InChI is InChI=1S/C27H24N4O4/c1-3-34-27(33)35-23-14-12-20(13-15-23)26(32)31-22-11-7-10-21(16-22)30-25-17-24(28-18(2)29-25)19-8-5-4-6-9-19/h4-17H,3H2,1-2H3,(H,31,32)(H,28,29,30). The van der Waals surface area contributed by atoms with Gasteiger partial charge in [0.05, 0.1) is 12.3 Å². The van der Waals surface area contributed by atoms with Gasteiger partial charge in [-0.3, -0.25) is 4.79 Å². The van der Waals surface area contributed by atoms with Gasteiger partial charge in [-0.2, -0.15) is 0 Å². The predicted octanol–water partition coefficient (Wildman–Crippen LogP) is 5.98. The van der Waals surface area contributed by atoms with Gasteiger partial charge in [0.25, 0.3) is 5.91 Å². The van der Waals surface area contributed by atoms with Crippen LogP contribution in [0.3, 0.4) is 0 Å². The van der Waals surface area contributed by atoms with E-state index >= 15 is 0 Å². The maximum absolute atomic E-state index is 12.7. The van der Waals surface area contributed by atoms with E-state index in [1.54, 1.807) is 25.1 Å². The number of rotatable bonds is 7. The molecule has 0 aliphatic rings. The Bertz CT molecular complexity index is 1320. The molecule has 1 amide bonds. The van der Waals surface area contributed by atoms with Gasteiger partial charge >= 0.3 is 6.16 Å². The van der Waals surface area contributed by atoms with Gasteiger partial charge in [-0.1, -0.05) is 36.4 Å². The number of anilines is 3. The molecule has 0 spiro atoms. The maximum atomic E-state index is 12.7. The summed E-state index contributed by atoms with van der Waals surface area (Å²) in [4.78, 5) is 33.1. The van der Waals surface area contributed by atoms with Crippen molar-refractivity contribution in [1.82, 2.24) is 9.97 Å². The number of aromatic nitrogens is 2. The minimum atomic E-state index is -0.788. The summed E-state index contributed by atoms with van der Waals surface area (Å²) < 4.78 is 9.75. The molecule has 0 radical (unpaired) electrons. The Balaban J connectivity index is 1.44. The van der Waals surface area contributed by atoms with E-state index in [9.17, 15) is 9.59 Å². The first kappa shape index (κ1) is 23.4. The van der Waals surface area contributed by atoms with E-state index in [-0.39, 0.29) is 12.5 Å². The molecule has 1 heterocycles. The van der Waals surface area contributed by atoms with E-state index in [4.69, 9.17) is 9.47 Å². The Hall–Kier alpha value is -4.72. The molecule has 0 saturated heterocycles. The smallest absolute Gasteiger partial charge is 0.434 e. The van der Waals surface area contributed by atoms with Crippen LogP contribution in [-0.2, 0) is 4.74 Å². The van der Waals surface area contributed by atoms with Crippen molar-refractivity contribution in [3.63, 3.8) is 0 Å². The summed E-state index contributed by atoms with van der Waals surface area (Å²) in [6.45, 7) is 3.76. The van der Waals surface area contributed by atoms with Crippen molar-refractivity contribution in [1.29, 1.82) is 0 Å². The van der Waals surface area contributed by atoms with Crippen LogP contribution in [0.25, 0.3) is 11.3 Å². The topological polar surface area (TPSA) is 102 Å². The van der Waals surface area contributed by atoms with E-state index in [1.807, 2.05) is 61.5 Å². The van der Waals surface area contributed by atoms with E-state index in [2.05, 4.69) is 20.6 Å². The first-order valence-corrected chi connectivity index (χ1v) is 11.0. The molecule has 0 aliphatic heterocycles. The number of benzene rings is 3. The van der Waals surface area contributed by atoms with E-state index in [0.717, 1.165) is 16.9 Å². The third-order valence-electron chi connectivity index (χ3n) is 4.88. The molecule has 4 aromatic rings. The van der Waals surface area contributed by atoms with Gasteiger partial charge in [0, 0.05) is 28.6 Å². The summed E-state index contributed by atoms with van der Waals surface area (Å²) in [6, 6.07) is 25.3. The predicted molar refractivity (Wildman–Crippen MR) is 134 cm³/mol. The van der Waals surface area contributed by atoms with Gasteiger partial charge in [-0.25, -0.2) is 14.8 Å². The number of aryl methyl sites for hydroxylation is 1. The molecule has 176 valence electrons. The molecule has 0 aliphatic carbocycles. The number of carbonyl (C=O) groups excluding carboxylic acids is 2. The minimum absolute atomic E-state index is 0.220. The Morgan fingerprint density at radius 2 is 1.60 bits per heavy atom. The average Bonchev–Trinajstić information content (AvgIpc) is 2.85. The Morgan fingerprint density at radius 3 is 2.34 bits per heavy atom. The van der Waals surface area contributed by atoms with E-state index in [0.29, 0.717) is 28.6 Å². The third kappa shape index (κ3) is 6.42. The molecular weight excluding hydrogens is 444 g/mol. The Kier molecular flexibility index (Phi) is 7.32. The highest BCUT2D eigenvalue weighted by molar-refractivity contribution is 6.04. The lowest BCUT2D eigenvalue weighted by molar-refractivity contribution is 0.102. The lowest BCUT2D eigenvalue weighted by Gasteiger charge is -2.11. The first-order chi connectivity index (χ1) is 17.0. The summed E-state index contributed by atoms with van der Waals surface area (Å²) >= 11 is 0. The highest BCUT2D eigenvalue weighted by Crippen LogP contribution is 2.24. The fraction of sp³-hybridized carbons (Fsp3) is 0.111. The molecule has 1 aromatic heterocycles. The van der Waals surface area contributed by atoms with Gasteiger partial charge in [0.15, 0.2) is 0 Å². The van der Waals surface area contributed by atoms with Crippen LogP contribution < -0.4 is 15.4 Å². The number of nitrogens with one attached hydrogen (secondary N) is 2. The van der Waals surface area contributed by atoms with Crippen LogP contribution >= 0.6 is 0 Å². The van der Waals surface area contributed by atoms with E-state index in [1.165, 1.54) is 12.1 Å². The van der Waals surface area contributed by atoms with Crippen molar-refractivity contribution in [2.45, 2.75) is 13.8 Å². The van der Waals surface area contributed by atoms with Gasteiger partial charge in [0.2, 0.25) is 0 Å². The molecule has 2 N–H and O–H groups in total. The summed E-state index contributed by atoms with van der Waals surface area (Å²) in [5.74, 6) is 1.29. The van der Waals surface area contributed by atoms with Crippen LogP contribution in [0.2, 0.25) is 0 Å². The van der Waals surface area contributed by atoms with Crippen LogP contribution in [0.4, 0.5) is 22.0 Å². The Morgan fingerprint density at radius 1 is 0.857 bits per heavy atom. The van der Waals surface area contributed by atoms with Gasteiger partial charge in [-0.05, 0) is 56.3 Å². The average molecular weight is 469 g/mol. The largest absolute Gasteiger partial charge is 0.513 e. The van der Waals surface area contributed by atoms with Crippen molar-refractivity contribution in [3.8, 4) is 17.0 Å². The number of hydrogen-bond acceptors (Lipinski definition) is 7. The molecule has 0 unspecified atom stereocenters. The second-order valence-corrected chi connectivity index (χ2v) is 7.52. The molecular formula is C27H24N4O4. The summed E-state index contributed by atoms with van der Waals surface area (Å²) in [5, 5.41) is 6.15. The second-order valence-electron chi connectivity index (χ2n) is 7.52. The number of hydrogen-bond donors (Lipinski definition) is 2. The molecule has 35 heavy (non-hydrogen) atoms. The first-order valence-electron chi connectivity index (χ1n) is 11.0. The van der Waals surface area contributed by atoms with Crippen LogP contribution in [0.1, 0.15) is 23.1 Å². The quantitative estimate of drug-likeness (QED) is 0.254. The van der Waals surface area contributed by atoms with Crippen molar-refractivity contribution >= 4 is 29.3 Å². The van der Waals surface area contributed by atoms with Gasteiger partial charge < -0.3 is 20.1 Å². The lowest BCUT2D eigenvalue weighted by atomic mass is 10.1. The van der Waals surface area contributed by atoms with Crippen molar-refractivity contribution < 1.29 is 19.1 Å². The molecule has 0 atom stereocenters. The zero-order chi connectivity index (χ0) is 24.6. The van der Waals surface area contributed by atoms with Crippen LogP contribution in [0, 0.1) is 6.92 Å². The monoisotopic (exact) mass is 468 g/mol. The van der Waals surface area contributed by atoms with Crippen LogP contribution in [0.15, 0.2) is 84.9 Å². The molecule has 0 bridgehead atoms. The summed E-state index contributed by atoms with van der Waals surface area (Å²) in [5.41, 5.74) is 3.61. The minimum Gasteiger partial charge on any atom is -0.434 e. The highest BCUT2D eigenvalue weighted by atomic mass is 16.7. The highest BCUT2D eigenvalue weighted by Gasteiger charge is 2.10. The maximum Gasteiger partial charge on any atom is 0.513 e. The number of carbonyl (C=O) groups is 2. The lowest BCUT2D eigenvalue weighted by Crippen LogP contribution is -2.13. The zero-order valence-corrected chi connectivity index (χ0v) is 19.3. The number of ether oxygens (including phenoxy) is 2. The van der Waals surface area contributed by atoms with Crippen LogP contribution in [0.5, 0.6) is 5.75 Å². The van der Waals surface area contributed by atoms with Gasteiger partial charge in [-0.15, -0.1) is 0 Å².